The number of nitrogens with one attached hydrogen (secondary N) is 1. The van der Waals surface area contributed by atoms with Crippen LogP contribution in [0.25, 0.3) is 0 Å². The molecule has 0 aromatic carbocycles. The number of piperidine rings is 1. The Bertz CT molecular complexity index is 232. The molecule has 0 aromatic heterocycles. The van der Waals surface area contributed by atoms with Crippen molar-refractivity contribution < 1.29 is 0 Å². The van der Waals surface area contributed by atoms with Gasteiger partial charge >= 0.3 is 0 Å². The summed E-state index contributed by atoms with van der Waals surface area (Å²) in [6, 6.07) is 1.54. The minimum atomic E-state index is 0.764. The highest BCUT2D eigenvalue weighted by Crippen LogP contribution is 2.21. The van der Waals surface area contributed by atoms with Gasteiger partial charge in [0.15, 0.2) is 0 Å². The van der Waals surface area contributed by atoms with Gasteiger partial charge in [0.25, 0.3) is 0 Å². The molecule has 0 spiro atoms. The zero-order valence-corrected chi connectivity index (χ0v) is 11.8. The van der Waals surface area contributed by atoms with Gasteiger partial charge in [0.2, 0.25) is 0 Å². The molecule has 0 amide bonds. The molecule has 2 heterocycles. The summed E-state index contributed by atoms with van der Waals surface area (Å²) in [5.74, 6) is 0.840. The average molecular weight is 239 g/mol. The maximum atomic E-state index is 3.60. The first kappa shape index (κ1) is 13.3. The largest absolute Gasteiger partial charge is 0.315 e. The quantitative estimate of drug-likeness (QED) is 0.786. The Kier molecular flexibility index (Phi) is 4.83. The second kappa shape index (κ2) is 6.17. The van der Waals surface area contributed by atoms with Gasteiger partial charge in [-0.05, 0) is 45.3 Å². The maximum absolute atomic E-state index is 3.60. The van der Waals surface area contributed by atoms with Crippen molar-refractivity contribution in [3.05, 3.63) is 0 Å². The molecular formula is C14H29N3. The summed E-state index contributed by atoms with van der Waals surface area (Å²) in [5.41, 5.74) is 0. The van der Waals surface area contributed by atoms with Gasteiger partial charge in [0.1, 0.15) is 0 Å². The predicted molar refractivity (Wildman–Crippen MR) is 73.3 cm³/mol. The fraction of sp³-hybridized carbons (Fsp3) is 1.00. The molecule has 2 saturated heterocycles. The lowest BCUT2D eigenvalue weighted by Gasteiger charge is -2.41. The van der Waals surface area contributed by atoms with E-state index in [2.05, 4.69) is 36.0 Å². The van der Waals surface area contributed by atoms with Crippen molar-refractivity contribution in [1.29, 1.82) is 0 Å². The SMILES string of the molecule is CCC1CN(C)CCCN1C1CNCC(C)C1. The molecule has 0 saturated carbocycles. The summed E-state index contributed by atoms with van der Waals surface area (Å²) >= 11 is 0. The van der Waals surface area contributed by atoms with Gasteiger partial charge in [-0.15, -0.1) is 0 Å². The summed E-state index contributed by atoms with van der Waals surface area (Å²) in [6.07, 6.45) is 4.00. The average Bonchev–Trinajstić information content (AvgIpc) is 2.50. The third-order valence-corrected chi connectivity index (χ3v) is 4.44. The zero-order valence-electron chi connectivity index (χ0n) is 11.8. The van der Waals surface area contributed by atoms with E-state index in [1.54, 1.807) is 0 Å². The summed E-state index contributed by atoms with van der Waals surface area (Å²) in [7, 11) is 2.27. The van der Waals surface area contributed by atoms with Gasteiger partial charge < -0.3 is 10.2 Å². The fourth-order valence-electron chi connectivity index (χ4n) is 3.49. The third-order valence-electron chi connectivity index (χ3n) is 4.44. The van der Waals surface area contributed by atoms with Gasteiger partial charge in [-0.3, -0.25) is 4.90 Å². The summed E-state index contributed by atoms with van der Waals surface area (Å²) < 4.78 is 0. The summed E-state index contributed by atoms with van der Waals surface area (Å²) in [6.45, 7) is 10.9. The highest BCUT2D eigenvalue weighted by Gasteiger charge is 2.30. The Morgan fingerprint density at radius 3 is 2.76 bits per heavy atom. The van der Waals surface area contributed by atoms with E-state index in [0.717, 1.165) is 18.0 Å². The lowest BCUT2D eigenvalue weighted by atomic mass is 9.95. The predicted octanol–water partition coefficient (Wildman–Crippen LogP) is 1.40. The molecule has 17 heavy (non-hydrogen) atoms. The first-order valence-corrected chi connectivity index (χ1v) is 7.35. The van der Waals surface area contributed by atoms with Crippen molar-refractivity contribution in [1.82, 2.24) is 15.1 Å². The highest BCUT2D eigenvalue weighted by atomic mass is 15.3. The molecule has 3 nitrogen and oxygen atoms in total. The third kappa shape index (κ3) is 3.43. The van der Waals surface area contributed by atoms with Crippen LogP contribution in [0.2, 0.25) is 0 Å². The Hall–Kier alpha value is -0.120. The summed E-state index contributed by atoms with van der Waals surface area (Å²) in [4.78, 5) is 5.31. The second-order valence-electron chi connectivity index (χ2n) is 6.07. The smallest absolute Gasteiger partial charge is 0.0227 e. The normalized spacial score (nSPS) is 37.9. The molecule has 2 rings (SSSR count). The topological polar surface area (TPSA) is 18.5 Å². The van der Waals surface area contributed by atoms with Gasteiger partial charge in [-0.1, -0.05) is 13.8 Å². The molecule has 0 aliphatic carbocycles. The van der Waals surface area contributed by atoms with Crippen molar-refractivity contribution in [3.8, 4) is 0 Å². The van der Waals surface area contributed by atoms with E-state index in [0.29, 0.717) is 0 Å². The lowest BCUT2D eigenvalue weighted by Crippen LogP contribution is -2.53. The van der Waals surface area contributed by atoms with E-state index < -0.39 is 0 Å². The molecule has 2 aliphatic rings. The number of hydrogen-bond acceptors (Lipinski definition) is 3. The first-order chi connectivity index (χ1) is 8.20. The van der Waals surface area contributed by atoms with E-state index >= 15 is 0 Å². The van der Waals surface area contributed by atoms with Crippen LogP contribution >= 0.6 is 0 Å². The lowest BCUT2D eigenvalue weighted by molar-refractivity contribution is 0.0954. The Morgan fingerprint density at radius 1 is 1.24 bits per heavy atom. The Morgan fingerprint density at radius 2 is 2.06 bits per heavy atom. The van der Waals surface area contributed by atoms with Crippen LogP contribution in [0.15, 0.2) is 0 Å². The van der Waals surface area contributed by atoms with Gasteiger partial charge in [0, 0.05) is 31.7 Å². The molecule has 100 valence electrons. The Labute approximate surface area is 107 Å². The van der Waals surface area contributed by atoms with Crippen LogP contribution in [-0.4, -0.2) is 61.7 Å². The van der Waals surface area contributed by atoms with E-state index in [1.807, 2.05) is 0 Å². The number of nitrogens with zero attached hydrogens (tertiary/aromatic N) is 2. The van der Waals surface area contributed by atoms with Crippen LogP contribution in [0.4, 0.5) is 0 Å². The molecule has 3 unspecified atom stereocenters. The van der Waals surface area contributed by atoms with Crippen molar-refractivity contribution in [3.63, 3.8) is 0 Å². The standard InChI is InChI=1S/C14H29N3/c1-4-13-11-16(3)6-5-7-17(13)14-8-12(2)9-15-10-14/h12-15H,4-11H2,1-3H3. The summed E-state index contributed by atoms with van der Waals surface area (Å²) in [5, 5.41) is 3.60. The first-order valence-electron chi connectivity index (χ1n) is 7.35. The van der Waals surface area contributed by atoms with Crippen LogP contribution < -0.4 is 5.32 Å². The van der Waals surface area contributed by atoms with E-state index in [9.17, 15) is 0 Å². The molecule has 2 aliphatic heterocycles. The molecule has 3 atom stereocenters. The van der Waals surface area contributed by atoms with Crippen molar-refractivity contribution >= 4 is 0 Å². The Balaban J connectivity index is 2.00. The molecular weight excluding hydrogens is 210 g/mol. The van der Waals surface area contributed by atoms with Gasteiger partial charge in [-0.25, -0.2) is 0 Å². The van der Waals surface area contributed by atoms with E-state index in [1.165, 1.54) is 52.0 Å². The molecule has 3 heteroatoms. The van der Waals surface area contributed by atoms with Gasteiger partial charge in [-0.2, -0.15) is 0 Å². The number of hydrogen-bond donors (Lipinski definition) is 1. The monoisotopic (exact) mass is 239 g/mol. The number of likely N-dealkylation sites (N-methyl/N-ethyl adjacent to an activating group) is 1. The minimum absolute atomic E-state index is 0.764. The van der Waals surface area contributed by atoms with Gasteiger partial charge in [0.05, 0.1) is 0 Å². The van der Waals surface area contributed by atoms with Crippen molar-refractivity contribution in [2.75, 3.05) is 39.8 Å². The van der Waals surface area contributed by atoms with E-state index in [4.69, 9.17) is 0 Å². The molecule has 0 radical (unpaired) electrons. The van der Waals surface area contributed by atoms with Crippen LogP contribution in [0, 0.1) is 5.92 Å². The molecule has 0 aromatic rings. The highest BCUT2D eigenvalue weighted by molar-refractivity contribution is 4.88. The maximum Gasteiger partial charge on any atom is 0.0227 e. The van der Waals surface area contributed by atoms with Crippen molar-refractivity contribution in [2.24, 2.45) is 5.92 Å². The van der Waals surface area contributed by atoms with Crippen LogP contribution in [0.3, 0.4) is 0 Å². The van der Waals surface area contributed by atoms with Crippen LogP contribution in [0.5, 0.6) is 0 Å². The van der Waals surface area contributed by atoms with Crippen molar-refractivity contribution in [2.45, 2.75) is 45.2 Å². The number of rotatable bonds is 2. The molecule has 0 bridgehead atoms. The second-order valence-corrected chi connectivity index (χ2v) is 6.07. The van der Waals surface area contributed by atoms with Crippen LogP contribution in [0.1, 0.15) is 33.1 Å². The van der Waals surface area contributed by atoms with E-state index in [-0.39, 0.29) is 0 Å². The molecule has 2 fully saturated rings. The minimum Gasteiger partial charge on any atom is -0.315 e. The molecule has 1 N–H and O–H groups in total. The fourth-order valence-corrected chi connectivity index (χ4v) is 3.49. The zero-order chi connectivity index (χ0) is 12.3. The van der Waals surface area contributed by atoms with Crippen LogP contribution in [-0.2, 0) is 0 Å².